The summed E-state index contributed by atoms with van der Waals surface area (Å²) in [7, 11) is 0. The van der Waals surface area contributed by atoms with Crippen molar-refractivity contribution in [3.63, 3.8) is 0 Å². The van der Waals surface area contributed by atoms with Gasteiger partial charge >= 0.3 is 222 Å². The van der Waals surface area contributed by atoms with Crippen LogP contribution in [-0.2, 0) is 4.74 Å². The van der Waals surface area contributed by atoms with Crippen LogP contribution in [0.5, 0.6) is 0 Å². The number of nitrogens with one attached hydrogen (secondary N) is 1. The summed E-state index contributed by atoms with van der Waals surface area (Å²) < 4.78 is 10.1. The number of hydrogen-bond donors (Lipinski definition) is 4. The molecule has 0 aliphatic carbocycles. The first kappa shape index (κ1) is 26.1. The van der Waals surface area contributed by atoms with Gasteiger partial charge in [0.25, 0.3) is 0 Å². The predicted octanol–water partition coefficient (Wildman–Crippen LogP) is -0.129. The minimum atomic E-state index is -3.52. The summed E-state index contributed by atoms with van der Waals surface area (Å²) in [5.41, 5.74) is -1.18. The van der Waals surface area contributed by atoms with E-state index >= 15 is 0 Å². The average molecular weight is 573 g/mol. The van der Waals surface area contributed by atoms with Gasteiger partial charge in [-0.25, -0.2) is 0 Å². The van der Waals surface area contributed by atoms with Crippen LogP contribution in [-0.4, -0.2) is 63.1 Å². The third-order valence-corrected chi connectivity index (χ3v) is 16.2. The van der Waals surface area contributed by atoms with Gasteiger partial charge in [-0.2, -0.15) is 0 Å². The summed E-state index contributed by atoms with van der Waals surface area (Å²) >= 11 is -3.52. The molecular weight excluding hydrogens is 545 g/mol. The van der Waals surface area contributed by atoms with Crippen LogP contribution in [0.2, 0.25) is 0 Å². The summed E-state index contributed by atoms with van der Waals surface area (Å²) in [5.74, 6) is 0. The normalized spacial score (nSPS) is 21.7. The van der Waals surface area contributed by atoms with Crippen molar-refractivity contribution in [1.29, 1.82) is 0 Å². The van der Waals surface area contributed by atoms with Gasteiger partial charge in [0.15, 0.2) is 0 Å². The van der Waals surface area contributed by atoms with E-state index in [1.165, 1.54) is 6.20 Å². The molecule has 1 aliphatic heterocycles. The van der Waals surface area contributed by atoms with E-state index in [1.807, 2.05) is 54.6 Å². The van der Waals surface area contributed by atoms with Crippen molar-refractivity contribution in [1.82, 2.24) is 9.55 Å². The van der Waals surface area contributed by atoms with E-state index in [0.29, 0.717) is 0 Å². The molecule has 0 spiro atoms. The molecule has 1 aliphatic rings. The molecule has 194 valence electrons. The van der Waals surface area contributed by atoms with Crippen molar-refractivity contribution in [3.05, 3.63) is 129 Å². The second kappa shape index (κ2) is 11.1. The Hall–Kier alpha value is -3.54. The van der Waals surface area contributed by atoms with Gasteiger partial charge in [0.1, 0.15) is 0 Å². The molecule has 2 heterocycles. The predicted molar refractivity (Wildman–Crippen MR) is 147 cm³/mol. The van der Waals surface area contributed by atoms with Gasteiger partial charge in [0, 0.05) is 0 Å². The summed E-state index contributed by atoms with van der Waals surface area (Å²) in [6.07, 6.45) is -2.09. The Morgan fingerprint density at radius 1 is 0.816 bits per heavy atom. The summed E-state index contributed by atoms with van der Waals surface area (Å²) in [4.78, 5) is 30.0. The van der Waals surface area contributed by atoms with E-state index in [4.69, 9.17) is 4.74 Å². The number of nitrogens with zero attached hydrogens (tertiary/aromatic N) is 1. The fourth-order valence-corrected chi connectivity index (χ4v) is 13.8. The second-order valence-corrected chi connectivity index (χ2v) is 16.9. The molecular formula is C29H28GeN2O6. The molecule has 0 unspecified atom stereocenters. The van der Waals surface area contributed by atoms with E-state index in [2.05, 4.69) is 46.3 Å². The quantitative estimate of drug-likeness (QED) is 0.229. The van der Waals surface area contributed by atoms with Crippen molar-refractivity contribution >= 4 is 32.5 Å². The number of rotatable bonds is 7. The van der Waals surface area contributed by atoms with Gasteiger partial charge in [0.2, 0.25) is 0 Å². The number of aliphatic hydroxyl groups excluding tert-OH is 3. The zero-order chi connectivity index (χ0) is 26.7. The van der Waals surface area contributed by atoms with E-state index in [0.717, 1.165) is 17.8 Å². The molecule has 0 saturated carbocycles. The van der Waals surface area contributed by atoms with Crippen LogP contribution in [0.4, 0.5) is 0 Å². The van der Waals surface area contributed by atoms with Crippen molar-refractivity contribution in [2.24, 2.45) is 0 Å². The zero-order valence-electron chi connectivity index (χ0n) is 20.4. The fourth-order valence-electron chi connectivity index (χ4n) is 5.03. The van der Waals surface area contributed by atoms with Gasteiger partial charge in [-0.3, -0.25) is 0 Å². The first-order valence-corrected chi connectivity index (χ1v) is 16.7. The molecule has 38 heavy (non-hydrogen) atoms. The molecule has 5 rings (SSSR count). The third kappa shape index (κ3) is 4.73. The second-order valence-electron chi connectivity index (χ2n) is 9.22. The van der Waals surface area contributed by atoms with Gasteiger partial charge < -0.3 is 0 Å². The van der Waals surface area contributed by atoms with E-state index < -0.39 is 55.7 Å². The Kier molecular flexibility index (Phi) is 7.59. The van der Waals surface area contributed by atoms with Crippen LogP contribution in [0.1, 0.15) is 11.8 Å². The van der Waals surface area contributed by atoms with Gasteiger partial charge in [0.05, 0.1) is 0 Å². The van der Waals surface area contributed by atoms with E-state index in [1.54, 1.807) is 6.08 Å². The molecule has 1 saturated heterocycles. The van der Waals surface area contributed by atoms with Crippen LogP contribution >= 0.6 is 0 Å². The van der Waals surface area contributed by atoms with Gasteiger partial charge in [-0.15, -0.1) is 0 Å². The molecule has 0 amide bonds. The number of ether oxygens (including phenoxy) is 1. The van der Waals surface area contributed by atoms with Crippen molar-refractivity contribution in [2.75, 3.05) is 6.61 Å². The number of hydrogen-bond acceptors (Lipinski definition) is 6. The van der Waals surface area contributed by atoms with Crippen LogP contribution in [0.25, 0.3) is 6.08 Å². The number of aliphatic hydroxyl groups is 3. The Morgan fingerprint density at radius 3 is 1.76 bits per heavy atom. The molecule has 1 fully saturated rings. The molecule has 3 aromatic carbocycles. The Labute approximate surface area is 221 Å². The standard InChI is InChI=1S/C29H28GeN2O6/c33-19-24-25(34)26(35)28(38-24)32-18-20(27(36)31-29(32)37)16-17-30(21-10-4-1-5-11-21,22-12-6-2-7-13-22)23-14-8-3-9-15-23/h1-18,24-26,28,33-35H,19H2,(H,31,36,37)/b17-16+/t24-,25-,26+,28-/m1/s1. The SMILES string of the molecule is O=c1[nH]c(=O)n([C@@H]2O[C@H](CO)[C@@H](O)[C@@H]2O)cc1/C=[CH]/[Ge]([c]1ccccc1)([c]1ccccc1)[c]1ccccc1. The topological polar surface area (TPSA) is 125 Å². The van der Waals surface area contributed by atoms with E-state index in [-0.39, 0.29) is 5.56 Å². The monoisotopic (exact) mass is 574 g/mol. The molecule has 9 heteroatoms. The molecule has 1 aromatic heterocycles. The molecule has 4 aromatic rings. The number of benzene rings is 3. The number of aromatic nitrogens is 2. The average Bonchev–Trinajstić information content (AvgIpc) is 3.24. The summed E-state index contributed by atoms with van der Waals surface area (Å²) in [6.45, 7) is -0.527. The maximum atomic E-state index is 12.9. The fraction of sp³-hybridized carbons (Fsp3) is 0.172. The summed E-state index contributed by atoms with van der Waals surface area (Å²) in [5, 5.41) is 30.1. The Bertz CT molecular complexity index is 1430. The summed E-state index contributed by atoms with van der Waals surface area (Å²) in [6, 6.07) is 30.6. The van der Waals surface area contributed by atoms with Gasteiger partial charge in [-0.1, -0.05) is 0 Å². The molecule has 0 radical (unpaired) electrons. The number of aromatic amines is 1. The molecule has 0 bridgehead atoms. The molecule has 8 nitrogen and oxygen atoms in total. The van der Waals surface area contributed by atoms with Gasteiger partial charge in [-0.05, 0) is 0 Å². The molecule has 4 N–H and O–H groups in total. The van der Waals surface area contributed by atoms with Crippen molar-refractivity contribution in [3.8, 4) is 0 Å². The molecule has 4 atom stereocenters. The van der Waals surface area contributed by atoms with Crippen LogP contribution in [0.3, 0.4) is 0 Å². The zero-order valence-corrected chi connectivity index (χ0v) is 22.5. The first-order valence-electron chi connectivity index (χ1n) is 12.3. The minimum absolute atomic E-state index is 0.195. The number of H-pyrrole nitrogens is 1. The van der Waals surface area contributed by atoms with Crippen LogP contribution < -0.4 is 24.4 Å². The first-order chi connectivity index (χ1) is 18.5. The van der Waals surface area contributed by atoms with Crippen molar-refractivity contribution < 1.29 is 20.1 Å². The van der Waals surface area contributed by atoms with Crippen LogP contribution in [0, 0.1) is 0 Å². The van der Waals surface area contributed by atoms with Crippen LogP contribution in [0.15, 0.2) is 112 Å². The Balaban J connectivity index is 1.68. The third-order valence-electron chi connectivity index (χ3n) is 6.99. The Morgan fingerprint density at radius 2 is 1.32 bits per heavy atom. The maximum absolute atomic E-state index is 12.9. The van der Waals surface area contributed by atoms with E-state index in [9.17, 15) is 24.9 Å². The van der Waals surface area contributed by atoms with Crippen molar-refractivity contribution in [2.45, 2.75) is 24.5 Å².